The fourth-order valence-corrected chi connectivity index (χ4v) is 3.18. The van der Waals surface area contributed by atoms with E-state index in [2.05, 4.69) is 24.9 Å². The zero-order chi connectivity index (χ0) is 18.0. The molecule has 130 valence electrons. The summed E-state index contributed by atoms with van der Waals surface area (Å²) in [5.74, 6) is 1.75. The van der Waals surface area contributed by atoms with Gasteiger partial charge in [-0.15, -0.1) is 0 Å². The third-order valence-corrected chi connectivity index (χ3v) is 4.31. The predicted molar refractivity (Wildman–Crippen MR) is 96.4 cm³/mol. The first-order valence-electron chi connectivity index (χ1n) is 8.57. The quantitative estimate of drug-likeness (QED) is 0.897. The lowest BCUT2D eigenvalue weighted by Crippen LogP contribution is -2.29. The summed E-state index contributed by atoms with van der Waals surface area (Å²) >= 11 is 0. The topological polar surface area (TPSA) is 81.2 Å². The van der Waals surface area contributed by atoms with Crippen LogP contribution >= 0.6 is 0 Å². The highest BCUT2D eigenvalue weighted by molar-refractivity contribution is 5.78. The Morgan fingerprint density at radius 2 is 2.16 bits per heavy atom. The van der Waals surface area contributed by atoms with Crippen LogP contribution in [-0.4, -0.2) is 17.6 Å². The number of hydrogen-bond donors (Lipinski definition) is 1. The monoisotopic (exact) mass is 337 g/mol. The van der Waals surface area contributed by atoms with E-state index in [1.165, 1.54) is 0 Å². The summed E-state index contributed by atoms with van der Waals surface area (Å²) < 4.78 is 11.8. The molecule has 0 bridgehead atoms. The Balaban J connectivity index is 1.91. The second-order valence-corrected chi connectivity index (χ2v) is 6.88. The largest absolute Gasteiger partial charge is 0.490 e. The van der Waals surface area contributed by atoms with Gasteiger partial charge in [0.05, 0.1) is 5.56 Å². The van der Waals surface area contributed by atoms with Crippen LogP contribution in [0.1, 0.15) is 44.4 Å². The zero-order valence-electron chi connectivity index (χ0n) is 14.8. The molecule has 2 N–H and O–H groups in total. The van der Waals surface area contributed by atoms with E-state index in [4.69, 9.17) is 15.2 Å². The second kappa shape index (κ2) is 7.12. The van der Waals surface area contributed by atoms with E-state index in [1.807, 2.05) is 25.3 Å². The van der Waals surface area contributed by atoms with E-state index in [9.17, 15) is 5.26 Å². The maximum atomic E-state index is 9.52. The molecule has 1 unspecified atom stereocenters. The van der Waals surface area contributed by atoms with Crippen LogP contribution in [0, 0.1) is 17.2 Å². The molecule has 0 saturated heterocycles. The summed E-state index contributed by atoms with van der Waals surface area (Å²) in [6.45, 7) is 6.62. The van der Waals surface area contributed by atoms with Crippen LogP contribution in [0.25, 0.3) is 11.1 Å². The summed E-state index contributed by atoms with van der Waals surface area (Å²) in [5, 5.41) is 9.52. The summed E-state index contributed by atoms with van der Waals surface area (Å²) in [4.78, 5) is 4.17. The van der Waals surface area contributed by atoms with Crippen LogP contribution in [-0.2, 0) is 0 Å². The highest BCUT2D eigenvalue weighted by Gasteiger charge is 2.25. The van der Waals surface area contributed by atoms with Gasteiger partial charge in [-0.3, -0.25) is 4.98 Å². The Kier molecular flexibility index (Phi) is 4.91. The van der Waals surface area contributed by atoms with Gasteiger partial charge in [-0.05, 0) is 37.0 Å². The minimum Gasteiger partial charge on any atom is -0.490 e. The molecule has 5 nitrogen and oxygen atoms in total. The average Bonchev–Trinajstić information content (AvgIpc) is 2.59. The number of pyridine rings is 1. The number of nitrogens with two attached hydrogens (primary N) is 1. The number of rotatable bonds is 5. The summed E-state index contributed by atoms with van der Waals surface area (Å²) in [7, 11) is 0. The Morgan fingerprint density at radius 3 is 2.88 bits per heavy atom. The molecule has 0 aliphatic carbocycles. The number of aromatic nitrogens is 1. The van der Waals surface area contributed by atoms with Crippen molar-refractivity contribution in [3.05, 3.63) is 41.7 Å². The lowest BCUT2D eigenvalue weighted by molar-refractivity contribution is 0.219. The van der Waals surface area contributed by atoms with Crippen LogP contribution < -0.4 is 15.2 Å². The molecule has 2 aromatic rings. The molecule has 3 rings (SSSR count). The van der Waals surface area contributed by atoms with E-state index in [-0.39, 0.29) is 12.1 Å². The van der Waals surface area contributed by atoms with Gasteiger partial charge in [0.25, 0.3) is 0 Å². The molecule has 0 spiro atoms. The molecule has 0 saturated carbocycles. The zero-order valence-corrected chi connectivity index (χ0v) is 14.8. The van der Waals surface area contributed by atoms with Gasteiger partial charge in [-0.25, -0.2) is 0 Å². The number of hydrogen-bond acceptors (Lipinski definition) is 5. The van der Waals surface area contributed by atoms with Gasteiger partial charge in [0.1, 0.15) is 30.3 Å². The van der Waals surface area contributed by atoms with Crippen molar-refractivity contribution in [1.29, 1.82) is 5.26 Å². The van der Waals surface area contributed by atoms with Crippen molar-refractivity contribution in [2.24, 2.45) is 11.7 Å². The van der Waals surface area contributed by atoms with Crippen molar-refractivity contribution < 1.29 is 9.47 Å². The third kappa shape index (κ3) is 3.59. The Hall–Kier alpha value is -2.58. The van der Waals surface area contributed by atoms with Gasteiger partial charge in [0.15, 0.2) is 0 Å². The van der Waals surface area contributed by atoms with E-state index in [1.54, 1.807) is 12.3 Å². The van der Waals surface area contributed by atoms with Crippen LogP contribution in [0.3, 0.4) is 0 Å². The smallest absolute Gasteiger partial charge is 0.140 e. The Morgan fingerprint density at radius 1 is 1.36 bits per heavy atom. The molecular weight excluding hydrogens is 314 g/mol. The molecule has 1 aliphatic rings. The lowest BCUT2D eigenvalue weighted by Gasteiger charge is -2.27. The number of fused-ring (bicyclic) bond motifs is 3. The molecule has 1 aromatic carbocycles. The Bertz CT molecular complexity index is 811. The first-order valence-corrected chi connectivity index (χ1v) is 8.57. The van der Waals surface area contributed by atoms with Gasteiger partial charge < -0.3 is 15.2 Å². The normalized spacial score (nSPS) is 16.4. The highest BCUT2D eigenvalue weighted by Crippen LogP contribution is 2.44. The second-order valence-electron chi connectivity index (χ2n) is 6.88. The van der Waals surface area contributed by atoms with Crippen molar-refractivity contribution in [3.8, 4) is 28.7 Å². The number of ether oxygens (including phenoxy) is 2. The minimum absolute atomic E-state index is 0.0609. The van der Waals surface area contributed by atoms with Crippen LogP contribution in [0.2, 0.25) is 0 Å². The summed E-state index contributed by atoms with van der Waals surface area (Å²) in [6.07, 6.45) is 4.34. The third-order valence-electron chi connectivity index (χ3n) is 4.31. The van der Waals surface area contributed by atoms with E-state index in [0.717, 1.165) is 28.9 Å². The predicted octanol–water partition coefficient (Wildman–Crippen LogP) is 3.83. The van der Waals surface area contributed by atoms with Crippen LogP contribution in [0.4, 0.5) is 0 Å². The summed E-state index contributed by atoms with van der Waals surface area (Å²) in [5.41, 5.74) is 9.53. The summed E-state index contributed by atoms with van der Waals surface area (Å²) in [6, 6.07) is 7.73. The van der Waals surface area contributed by atoms with Gasteiger partial charge in [0, 0.05) is 35.6 Å². The van der Waals surface area contributed by atoms with Crippen molar-refractivity contribution in [2.75, 3.05) is 6.61 Å². The Labute approximate surface area is 148 Å². The molecule has 5 heteroatoms. The lowest BCUT2D eigenvalue weighted by atomic mass is 9.93. The minimum atomic E-state index is -0.0971. The van der Waals surface area contributed by atoms with Gasteiger partial charge in [-0.2, -0.15) is 5.26 Å². The molecule has 0 amide bonds. The molecule has 1 aromatic heterocycles. The fraction of sp³-hybridized carbons (Fsp3) is 0.400. The number of nitrogens with zero attached hydrogens (tertiary/aromatic N) is 2. The molecule has 0 fully saturated rings. The van der Waals surface area contributed by atoms with E-state index < -0.39 is 0 Å². The maximum absolute atomic E-state index is 9.52. The van der Waals surface area contributed by atoms with Crippen LogP contribution in [0.5, 0.6) is 11.5 Å². The molecule has 2 atom stereocenters. The standard InChI is InChI=1S/C20H23N3O2/c1-12(2)6-15(22)11-24-19-8-20-17(7-14(19)9-21)16-4-5-23-10-18(16)13(3)25-20/h4-5,7-8,10,12-13,15H,6,11,22H2,1-3H3/t13?,15-/m1/s1. The van der Waals surface area contributed by atoms with E-state index in [0.29, 0.717) is 23.8 Å². The molecule has 2 heterocycles. The highest BCUT2D eigenvalue weighted by atomic mass is 16.5. The molecule has 25 heavy (non-hydrogen) atoms. The first kappa shape index (κ1) is 17.2. The van der Waals surface area contributed by atoms with Crippen molar-refractivity contribution >= 4 is 0 Å². The number of nitriles is 1. The fourth-order valence-electron chi connectivity index (χ4n) is 3.18. The van der Waals surface area contributed by atoms with Gasteiger partial charge in [0.2, 0.25) is 0 Å². The van der Waals surface area contributed by atoms with Crippen molar-refractivity contribution in [2.45, 2.75) is 39.3 Å². The van der Waals surface area contributed by atoms with Gasteiger partial charge >= 0.3 is 0 Å². The maximum Gasteiger partial charge on any atom is 0.140 e. The average molecular weight is 337 g/mol. The molecule has 0 radical (unpaired) electrons. The molecule has 1 aliphatic heterocycles. The first-order chi connectivity index (χ1) is 12.0. The SMILES string of the molecule is CC(C)C[C@@H](N)COc1cc2c(cc1C#N)-c1ccncc1C(C)O2. The van der Waals surface area contributed by atoms with Crippen molar-refractivity contribution in [1.82, 2.24) is 4.98 Å². The molecular formula is C20H23N3O2. The van der Waals surface area contributed by atoms with Crippen LogP contribution in [0.15, 0.2) is 30.6 Å². The van der Waals surface area contributed by atoms with E-state index >= 15 is 0 Å². The number of benzene rings is 1. The van der Waals surface area contributed by atoms with Gasteiger partial charge in [-0.1, -0.05) is 13.8 Å². The van der Waals surface area contributed by atoms with Crippen molar-refractivity contribution in [3.63, 3.8) is 0 Å².